The lowest BCUT2D eigenvalue weighted by Gasteiger charge is -2.13. The lowest BCUT2D eigenvalue weighted by molar-refractivity contribution is -0.137. The molecule has 3 aromatic carbocycles. The van der Waals surface area contributed by atoms with Crippen LogP contribution in [0.3, 0.4) is 0 Å². The van der Waals surface area contributed by atoms with Crippen LogP contribution in [-0.4, -0.2) is 34.3 Å². The Labute approximate surface area is 193 Å². The zero-order chi connectivity index (χ0) is 23.2. The van der Waals surface area contributed by atoms with Crippen LogP contribution in [0.15, 0.2) is 66.7 Å². The van der Waals surface area contributed by atoms with E-state index in [0.29, 0.717) is 24.5 Å². The maximum absolute atomic E-state index is 10.7. The van der Waals surface area contributed by atoms with Crippen molar-refractivity contribution in [3.05, 3.63) is 72.3 Å². The number of benzene rings is 3. The molecule has 0 saturated heterocycles. The number of unbranched alkanes of at least 4 members (excludes halogenated alkanes) is 2. The summed E-state index contributed by atoms with van der Waals surface area (Å²) in [5.41, 5.74) is 4.98. The van der Waals surface area contributed by atoms with E-state index in [1.807, 2.05) is 30.3 Å². The van der Waals surface area contributed by atoms with Gasteiger partial charge in [0.25, 0.3) is 0 Å². The van der Waals surface area contributed by atoms with E-state index in [2.05, 4.69) is 47.9 Å². The molecule has 6 heteroatoms. The molecule has 33 heavy (non-hydrogen) atoms. The molecule has 0 atom stereocenters. The van der Waals surface area contributed by atoms with Crippen molar-refractivity contribution in [3.8, 4) is 28.6 Å². The summed E-state index contributed by atoms with van der Waals surface area (Å²) in [5.74, 6) is 1.36. The molecule has 0 saturated carbocycles. The van der Waals surface area contributed by atoms with Gasteiger partial charge in [-0.3, -0.25) is 9.36 Å². The van der Waals surface area contributed by atoms with Gasteiger partial charge in [-0.2, -0.15) is 0 Å². The largest absolute Gasteiger partial charge is 0.493 e. The van der Waals surface area contributed by atoms with Gasteiger partial charge in [0, 0.05) is 29.8 Å². The summed E-state index contributed by atoms with van der Waals surface area (Å²) in [4.78, 5) is 15.6. The van der Waals surface area contributed by atoms with Gasteiger partial charge >= 0.3 is 5.97 Å². The number of rotatable bonds is 10. The van der Waals surface area contributed by atoms with Gasteiger partial charge in [-0.1, -0.05) is 48.0 Å². The molecule has 1 heterocycles. The van der Waals surface area contributed by atoms with Crippen molar-refractivity contribution in [1.29, 1.82) is 0 Å². The topological polar surface area (TPSA) is 73.6 Å². The zero-order valence-corrected chi connectivity index (χ0v) is 19.0. The van der Waals surface area contributed by atoms with Gasteiger partial charge in [-0.25, -0.2) is 4.98 Å². The maximum Gasteiger partial charge on any atom is 0.303 e. The number of carboxylic acids is 1. The molecule has 4 aromatic rings. The monoisotopic (exact) mass is 444 g/mol. The molecule has 0 fully saturated rings. The third kappa shape index (κ3) is 5.17. The Kier molecular flexibility index (Phi) is 6.93. The molecule has 0 aliphatic heterocycles. The fraction of sp³-hybridized carbons (Fsp3) is 0.259. The summed E-state index contributed by atoms with van der Waals surface area (Å²) >= 11 is 0. The number of carboxylic acid groups (broad SMARTS) is 1. The molecule has 0 bridgehead atoms. The molecule has 0 aliphatic carbocycles. The van der Waals surface area contributed by atoms with E-state index in [1.54, 1.807) is 7.11 Å². The minimum atomic E-state index is -0.762. The highest BCUT2D eigenvalue weighted by Gasteiger charge is 2.18. The summed E-state index contributed by atoms with van der Waals surface area (Å²) in [7, 11) is 1.62. The summed E-state index contributed by atoms with van der Waals surface area (Å²) in [6, 6.07) is 22.4. The first kappa shape index (κ1) is 22.4. The van der Waals surface area contributed by atoms with E-state index in [1.165, 1.54) is 5.56 Å². The summed E-state index contributed by atoms with van der Waals surface area (Å²) in [6.45, 7) is 2.56. The molecule has 1 N–H and O–H groups in total. The van der Waals surface area contributed by atoms with E-state index >= 15 is 0 Å². The van der Waals surface area contributed by atoms with E-state index in [0.717, 1.165) is 41.0 Å². The van der Waals surface area contributed by atoms with Gasteiger partial charge in [0.05, 0.1) is 24.8 Å². The first-order valence-electron chi connectivity index (χ1n) is 11.1. The molecule has 1 aromatic heterocycles. The predicted octanol–water partition coefficient (Wildman–Crippen LogP) is 6.03. The molecule has 0 amide bonds. The van der Waals surface area contributed by atoms with Crippen molar-refractivity contribution < 1.29 is 19.4 Å². The Morgan fingerprint density at radius 1 is 0.970 bits per heavy atom. The van der Waals surface area contributed by atoms with Gasteiger partial charge in [0.1, 0.15) is 5.82 Å². The van der Waals surface area contributed by atoms with Gasteiger partial charge in [0.2, 0.25) is 0 Å². The second-order valence-corrected chi connectivity index (χ2v) is 8.02. The SMILES string of the molecule is COc1cc2nc(-c3ccccc3)n(-c3ccc(C)cc3)c2cc1OCCCCCC(=O)O. The smallest absolute Gasteiger partial charge is 0.303 e. The Balaban J connectivity index is 1.71. The second kappa shape index (κ2) is 10.2. The Morgan fingerprint density at radius 3 is 2.42 bits per heavy atom. The van der Waals surface area contributed by atoms with E-state index in [-0.39, 0.29) is 6.42 Å². The first-order valence-corrected chi connectivity index (χ1v) is 11.1. The van der Waals surface area contributed by atoms with Crippen LogP contribution in [0.4, 0.5) is 0 Å². The molecule has 0 radical (unpaired) electrons. The van der Waals surface area contributed by atoms with Crippen molar-refractivity contribution in [2.24, 2.45) is 0 Å². The molecule has 4 rings (SSSR count). The van der Waals surface area contributed by atoms with E-state index in [4.69, 9.17) is 19.6 Å². The van der Waals surface area contributed by atoms with E-state index in [9.17, 15) is 4.79 Å². The third-order valence-corrected chi connectivity index (χ3v) is 5.56. The summed E-state index contributed by atoms with van der Waals surface area (Å²) < 4.78 is 13.8. The molecular formula is C27H28N2O4. The first-order chi connectivity index (χ1) is 16.1. The van der Waals surface area contributed by atoms with Crippen LogP contribution in [0.2, 0.25) is 0 Å². The highest BCUT2D eigenvalue weighted by Crippen LogP contribution is 2.36. The third-order valence-electron chi connectivity index (χ3n) is 5.56. The normalized spacial score (nSPS) is 11.0. The van der Waals surface area contributed by atoms with Crippen LogP contribution >= 0.6 is 0 Å². The lowest BCUT2D eigenvalue weighted by Crippen LogP contribution is -2.01. The number of aromatic nitrogens is 2. The average molecular weight is 445 g/mol. The number of aryl methyl sites for hydroxylation is 1. The Morgan fingerprint density at radius 2 is 1.73 bits per heavy atom. The number of hydrogen-bond acceptors (Lipinski definition) is 4. The standard InChI is InChI=1S/C27H28N2O4/c1-19-12-14-21(15-13-19)29-23-18-25(33-16-8-4-7-11-26(30)31)24(32-2)17-22(23)28-27(29)20-9-5-3-6-10-20/h3,5-6,9-10,12-15,17-18H,4,7-8,11,16H2,1-2H3,(H,30,31). The van der Waals surface area contributed by atoms with Crippen LogP contribution < -0.4 is 9.47 Å². The highest BCUT2D eigenvalue weighted by molar-refractivity contribution is 5.86. The highest BCUT2D eigenvalue weighted by atomic mass is 16.5. The number of carbonyl (C=O) groups is 1. The number of ether oxygens (including phenoxy) is 2. The van der Waals surface area contributed by atoms with Crippen molar-refractivity contribution in [1.82, 2.24) is 9.55 Å². The van der Waals surface area contributed by atoms with Gasteiger partial charge in [0.15, 0.2) is 11.5 Å². The lowest BCUT2D eigenvalue weighted by atomic mass is 10.2. The second-order valence-electron chi connectivity index (χ2n) is 8.02. The van der Waals surface area contributed by atoms with Crippen molar-refractivity contribution in [2.45, 2.75) is 32.6 Å². The number of hydrogen-bond donors (Lipinski definition) is 1. The minimum absolute atomic E-state index is 0.188. The molecule has 6 nitrogen and oxygen atoms in total. The molecule has 0 unspecified atom stereocenters. The van der Waals surface area contributed by atoms with Crippen LogP contribution in [0.1, 0.15) is 31.2 Å². The molecule has 0 aliphatic rings. The van der Waals surface area contributed by atoms with Crippen LogP contribution in [0.25, 0.3) is 28.1 Å². The predicted molar refractivity (Wildman–Crippen MR) is 129 cm³/mol. The number of aliphatic carboxylic acids is 1. The number of fused-ring (bicyclic) bond motifs is 1. The summed E-state index contributed by atoms with van der Waals surface area (Å²) in [6.07, 6.45) is 2.42. The van der Waals surface area contributed by atoms with Crippen molar-refractivity contribution >= 4 is 17.0 Å². The van der Waals surface area contributed by atoms with Crippen LogP contribution in [-0.2, 0) is 4.79 Å². The van der Waals surface area contributed by atoms with Crippen LogP contribution in [0.5, 0.6) is 11.5 Å². The van der Waals surface area contributed by atoms with Gasteiger partial charge in [-0.05, 0) is 38.3 Å². The van der Waals surface area contributed by atoms with Gasteiger partial charge in [-0.15, -0.1) is 0 Å². The number of methoxy groups -OCH3 is 1. The number of imidazole rings is 1. The molecule has 170 valence electrons. The number of nitrogens with zero attached hydrogens (tertiary/aromatic N) is 2. The van der Waals surface area contributed by atoms with Crippen molar-refractivity contribution in [3.63, 3.8) is 0 Å². The fourth-order valence-corrected chi connectivity index (χ4v) is 3.83. The quantitative estimate of drug-likeness (QED) is 0.302. The zero-order valence-electron chi connectivity index (χ0n) is 19.0. The maximum atomic E-state index is 10.7. The Bertz CT molecular complexity index is 1230. The van der Waals surface area contributed by atoms with E-state index < -0.39 is 5.97 Å². The molecular weight excluding hydrogens is 416 g/mol. The fourth-order valence-electron chi connectivity index (χ4n) is 3.83. The molecule has 0 spiro atoms. The van der Waals surface area contributed by atoms with Gasteiger partial charge < -0.3 is 14.6 Å². The Hall–Kier alpha value is -3.80. The average Bonchev–Trinajstić information content (AvgIpc) is 3.20. The van der Waals surface area contributed by atoms with Crippen LogP contribution in [0, 0.1) is 6.92 Å². The summed E-state index contributed by atoms with van der Waals surface area (Å²) in [5, 5.41) is 8.78. The van der Waals surface area contributed by atoms with Crippen molar-refractivity contribution in [2.75, 3.05) is 13.7 Å². The minimum Gasteiger partial charge on any atom is -0.493 e.